The third kappa shape index (κ3) is 4.31. The van der Waals surface area contributed by atoms with Gasteiger partial charge >= 0.3 is 0 Å². The van der Waals surface area contributed by atoms with Crippen molar-refractivity contribution >= 4 is 28.9 Å². The lowest BCUT2D eigenvalue weighted by Crippen LogP contribution is -2.26. The van der Waals surface area contributed by atoms with Crippen LogP contribution in [0.3, 0.4) is 0 Å². The molecular formula is C11H14ClN3O. The van der Waals surface area contributed by atoms with Gasteiger partial charge < -0.3 is 5.32 Å². The summed E-state index contributed by atoms with van der Waals surface area (Å²) in [5, 5.41) is 7.31. The first-order chi connectivity index (χ1) is 7.59. The summed E-state index contributed by atoms with van der Waals surface area (Å²) in [6, 6.07) is 7.25. The quantitative estimate of drug-likeness (QED) is 0.626. The Morgan fingerprint density at radius 2 is 2.06 bits per heavy atom. The van der Waals surface area contributed by atoms with Gasteiger partial charge in [0.05, 0.1) is 17.3 Å². The van der Waals surface area contributed by atoms with Gasteiger partial charge in [0, 0.05) is 5.71 Å². The molecule has 16 heavy (non-hydrogen) atoms. The minimum Gasteiger partial charge on any atom is -0.375 e. The van der Waals surface area contributed by atoms with Gasteiger partial charge in [-0.05, 0) is 26.0 Å². The third-order valence-electron chi connectivity index (χ3n) is 1.72. The Morgan fingerprint density at radius 1 is 1.38 bits per heavy atom. The molecule has 4 nitrogen and oxygen atoms in total. The van der Waals surface area contributed by atoms with Crippen LogP contribution < -0.4 is 10.7 Å². The molecular weight excluding hydrogens is 226 g/mol. The van der Waals surface area contributed by atoms with Crippen molar-refractivity contribution in [2.75, 3.05) is 11.9 Å². The number of hydrogen-bond donors (Lipinski definition) is 2. The number of anilines is 1. The van der Waals surface area contributed by atoms with Crippen molar-refractivity contribution in [2.45, 2.75) is 13.8 Å². The van der Waals surface area contributed by atoms with Gasteiger partial charge in [0.1, 0.15) is 0 Å². The van der Waals surface area contributed by atoms with Crippen LogP contribution >= 0.6 is 11.6 Å². The fourth-order valence-electron chi connectivity index (χ4n) is 0.994. The fourth-order valence-corrected chi connectivity index (χ4v) is 1.20. The first-order valence-corrected chi connectivity index (χ1v) is 5.25. The largest absolute Gasteiger partial charge is 0.375 e. The highest BCUT2D eigenvalue weighted by atomic mass is 35.5. The molecule has 0 aliphatic heterocycles. The molecule has 0 unspecified atom stereocenters. The van der Waals surface area contributed by atoms with E-state index in [1.54, 1.807) is 6.07 Å². The van der Waals surface area contributed by atoms with Crippen molar-refractivity contribution < 1.29 is 4.79 Å². The van der Waals surface area contributed by atoms with Gasteiger partial charge in [-0.25, -0.2) is 5.43 Å². The molecule has 1 aromatic rings. The number of hydrazone groups is 1. The lowest BCUT2D eigenvalue weighted by atomic mass is 10.3. The Hall–Kier alpha value is -1.55. The number of benzene rings is 1. The number of hydrogen-bond acceptors (Lipinski definition) is 3. The second kappa shape index (κ2) is 6.12. The van der Waals surface area contributed by atoms with Crippen LogP contribution in [0.1, 0.15) is 13.8 Å². The van der Waals surface area contributed by atoms with Crippen LogP contribution in [0.15, 0.2) is 29.4 Å². The maximum Gasteiger partial charge on any atom is 0.259 e. The monoisotopic (exact) mass is 239 g/mol. The average Bonchev–Trinajstić information content (AvgIpc) is 2.25. The van der Waals surface area contributed by atoms with Gasteiger partial charge in [-0.15, -0.1) is 0 Å². The van der Waals surface area contributed by atoms with Crippen molar-refractivity contribution in [3.05, 3.63) is 29.3 Å². The standard InChI is InChI=1S/C11H14ClN3O/c1-8(2)14-15-11(16)7-13-10-6-4-3-5-9(10)12/h3-6,13H,7H2,1-2H3,(H,15,16). The minimum atomic E-state index is -0.207. The molecule has 1 aromatic carbocycles. The number of nitrogens with zero attached hydrogens (tertiary/aromatic N) is 1. The predicted octanol–water partition coefficient (Wildman–Crippen LogP) is 2.26. The lowest BCUT2D eigenvalue weighted by molar-refractivity contribution is -0.119. The van der Waals surface area contributed by atoms with Crippen LogP contribution in [-0.2, 0) is 4.79 Å². The third-order valence-corrected chi connectivity index (χ3v) is 2.05. The first-order valence-electron chi connectivity index (χ1n) is 4.87. The average molecular weight is 240 g/mol. The molecule has 0 bridgehead atoms. The number of nitrogens with one attached hydrogen (secondary N) is 2. The molecule has 0 saturated heterocycles. The van der Waals surface area contributed by atoms with Gasteiger partial charge in [-0.3, -0.25) is 4.79 Å². The van der Waals surface area contributed by atoms with Crippen LogP contribution in [0.2, 0.25) is 5.02 Å². The molecule has 0 aliphatic carbocycles. The van der Waals surface area contributed by atoms with E-state index in [0.717, 1.165) is 11.4 Å². The second-order valence-electron chi connectivity index (χ2n) is 3.43. The molecule has 2 N–H and O–H groups in total. The van der Waals surface area contributed by atoms with Crippen molar-refractivity contribution in [2.24, 2.45) is 5.10 Å². The van der Waals surface area contributed by atoms with Crippen LogP contribution in [0.4, 0.5) is 5.69 Å². The lowest BCUT2D eigenvalue weighted by Gasteiger charge is -2.06. The zero-order chi connectivity index (χ0) is 12.0. The zero-order valence-corrected chi connectivity index (χ0v) is 10.0. The smallest absolute Gasteiger partial charge is 0.259 e. The number of para-hydroxylation sites is 1. The predicted molar refractivity (Wildman–Crippen MR) is 66.9 cm³/mol. The van der Waals surface area contributed by atoms with E-state index >= 15 is 0 Å². The maximum atomic E-state index is 11.3. The topological polar surface area (TPSA) is 53.5 Å². The van der Waals surface area contributed by atoms with Crippen LogP contribution in [0.25, 0.3) is 0 Å². The Morgan fingerprint density at radius 3 is 2.69 bits per heavy atom. The van der Waals surface area contributed by atoms with E-state index in [2.05, 4.69) is 15.8 Å². The highest BCUT2D eigenvalue weighted by Gasteiger charge is 2.01. The molecule has 1 rings (SSSR count). The van der Waals surface area contributed by atoms with Crippen molar-refractivity contribution in [1.29, 1.82) is 0 Å². The Kier molecular flexibility index (Phi) is 4.79. The molecule has 5 heteroatoms. The van der Waals surface area contributed by atoms with E-state index < -0.39 is 0 Å². The first kappa shape index (κ1) is 12.5. The molecule has 0 saturated carbocycles. The van der Waals surface area contributed by atoms with E-state index in [0.29, 0.717) is 5.02 Å². The van der Waals surface area contributed by atoms with E-state index in [4.69, 9.17) is 11.6 Å². The molecule has 0 aromatic heterocycles. The molecule has 1 amide bonds. The SMILES string of the molecule is CC(C)=NNC(=O)CNc1ccccc1Cl. The summed E-state index contributed by atoms with van der Waals surface area (Å²) in [6.07, 6.45) is 0. The summed E-state index contributed by atoms with van der Waals surface area (Å²) >= 11 is 5.91. The summed E-state index contributed by atoms with van der Waals surface area (Å²) in [6.45, 7) is 3.75. The van der Waals surface area contributed by atoms with Crippen molar-refractivity contribution in [3.63, 3.8) is 0 Å². The molecule has 0 radical (unpaired) electrons. The van der Waals surface area contributed by atoms with Crippen molar-refractivity contribution in [1.82, 2.24) is 5.43 Å². The van der Waals surface area contributed by atoms with Gasteiger partial charge in [0.25, 0.3) is 5.91 Å². The van der Waals surface area contributed by atoms with Gasteiger partial charge in [0.2, 0.25) is 0 Å². The van der Waals surface area contributed by atoms with Gasteiger partial charge in [0.15, 0.2) is 0 Å². The van der Waals surface area contributed by atoms with E-state index in [1.807, 2.05) is 32.0 Å². The number of rotatable bonds is 4. The molecule has 0 heterocycles. The summed E-state index contributed by atoms with van der Waals surface area (Å²) in [4.78, 5) is 11.3. The van der Waals surface area contributed by atoms with E-state index in [-0.39, 0.29) is 12.5 Å². The summed E-state index contributed by atoms with van der Waals surface area (Å²) in [5.41, 5.74) is 3.95. The van der Waals surface area contributed by atoms with Crippen LogP contribution in [0.5, 0.6) is 0 Å². The molecule has 86 valence electrons. The fraction of sp³-hybridized carbons (Fsp3) is 0.273. The molecule has 0 fully saturated rings. The second-order valence-corrected chi connectivity index (χ2v) is 3.83. The zero-order valence-electron chi connectivity index (χ0n) is 9.25. The summed E-state index contributed by atoms with van der Waals surface area (Å²) < 4.78 is 0. The maximum absolute atomic E-state index is 11.3. The van der Waals surface area contributed by atoms with E-state index in [1.165, 1.54) is 0 Å². The molecule has 0 spiro atoms. The Bertz CT molecular complexity index is 400. The van der Waals surface area contributed by atoms with Crippen LogP contribution in [-0.4, -0.2) is 18.2 Å². The van der Waals surface area contributed by atoms with Crippen molar-refractivity contribution in [3.8, 4) is 0 Å². The highest BCUT2D eigenvalue weighted by Crippen LogP contribution is 2.19. The van der Waals surface area contributed by atoms with E-state index in [9.17, 15) is 4.79 Å². The van der Waals surface area contributed by atoms with Crippen LogP contribution in [0, 0.1) is 0 Å². The Balaban J connectivity index is 2.43. The number of carbonyl (C=O) groups excluding carboxylic acids is 1. The van der Waals surface area contributed by atoms with Gasteiger partial charge in [-0.2, -0.15) is 5.10 Å². The summed E-state index contributed by atoms with van der Waals surface area (Å²) in [7, 11) is 0. The molecule has 0 aliphatic rings. The summed E-state index contributed by atoms with van der Waals surface area (Å²) in [5.74, 6) is -0.207. The Labute approximate surface area is 99.7 Å². The van der Waals surface area contributed by atoms with Gasteiger partial charge in [-0.1, -0.05) is 23.7 Å². The highest BCUT2D eigenvalue weighted by molar-refractivity contribution is 6.33. The minimum absolute atomic E-state index is 0.139. The number of halogens is 1. The molecule has 0 atom stereocenters. The number of amides is 1. The number of carbonyl (C=O) groups is 1. The normalized spacial score (nSPS) is 9.44.